The first-order valence-corrected chi connectivity index (χ1v) is 5.40. The summed E-state index contributed by atoms with van der Waals surface area (Å²) in [5.74, 6) is 0.589. The number of methoxy groups -OCH3 is 1. The van der Waals surface area contributed by atoms with E-state index in [9.17, 15) is 0 Å². The van der Waals surface area contributed by atoms with Crippen LogP contribution >= 0.6 is 0 Å². The minimum Gasteiger partial charge on any atom is -0.356 e. The van der Waals surface area contributed by atoms with Gasteiger partial charge in [0.2, 0.25) is 0 Å². The van der Waals surface area contributed by atoms with Crippen LogP contribution in [0.2, 0.25) is 0 Å². The first-order valence-electron chi connectivity index (χ1n) is 5.40. The lowest BCUT2D eigenvalue weighted by Crippen LogP contribution is -2.17. The molecule has 0 radical (unpaired) electrons. The van der Waals surface area contributed by atoms with Gasteiger partial charge in [-0.25, -0.2) is 0 Å². The molecule has 1 unspecified atom stereocenters. The maximum Gasteiger partial charge on any atom is 0.157 e. The van der Waals surface area contributed by atoms with Crippen molar-refractivity contribution in [1.82, 2.24) is 0 Å². The van der Waals surface area contributed by atoms with E-state index in [2.05, 4.69) is 26.0 Å². The zero-order valence-corrected chi connectivity index (χ0v) is 9.77. The van der Waals surface area contributed by atoms with Crippen molar-refractivity contribution in [3.63, 3.8) is 0 Å². The SMILES string of the molecule is COC(CC(C)C)OCc1ccccc1. The van der Waals surface area contributed by atoms with E-state index < -0.39 is 0 Å². The zero-order chi connectivity index (χ0) is 11.1. The van der Waals surface area contributed by atoms with Crippen LogP contribution in [0.15, 0.2) is 30.3 Å². The molecule has 1 atom stereocenters. The molecule has 0 aliphatic rings. The van der Waals surface area contributed by atoms with Gasteiger partial charge in [-0.05, 0) is 11.5 Å². The minimum atomic E-state index is -0.0924. The first-order chi connectivity index (χ1) is 7.22. The van der Waals surface area contributed by atoms with Gasteiger partial charge in [0.25, 0.3) is 0 Å². The predicted octanol–water partition coefficient (Wildman–Crippen LogP) is 3.22. The van der Waals surface area contributed by atoms with E-state index in [1.165, 1.54) is 5.56 Å². The van der Waals surface area contributed by atoms with Crippen LogP contribution in [0.3, 0.4) is 0 Å². The molecule has 0 saturated carbocycles. The summed E-state index contributed by atoms with van der Waals surface area (Å²) in [7, 11) is 1.69. The summed E-state index contributed by atoms with van der Waals surface area (Å²) in [6, 6.07) is 10.2. The van der Waals surface area contributed by atoms with Crippen molar-refractivity contribution in [2.24, 2.45) is 5.92 Å². The first kappa shape index (κ1) is 12.2. The summed E-state index contributed by atoms with van der Waals surface area (Å²) in [5, 5.41) is 0. The Kier molecular flexibility index (Phi) is 5.37. The summed E-state index contributed by atoms with van der Waals surface area (Å²) in [6.07, 6.45) is 0.841. The molecule has 0 spiro atoms. The Bertz CT molecular complexity index is 256. The molecule has 0 amide bonds. The van der Waals surface area contributed by atoms with Crippen LogP contribution < -0.4 is 0 Å². The molecule has 0 aliphatic heterocycles. The van der Waals surface area contributed by atoms with Crippen molar-refractivity contribution in [1.29, 1.82) is 0 Å². The zero-order valence-electron chi connectivity index (χ0n) is 9.77. The molecular weight excluding hydrogens is 188 g/mol. The van der Waals surface area contributed by atoms with Gasteiger partial charge in [0.15, 0.2) is 6.29 Å². The second kappa shape index (κ2) is 6.59. The topological polar surface area (TPSA) is 18.5 Å². The molecule has 0 fully saturated rings. The average Bonchev–Trinajstić information content (AvgIpc) is 2.25. The third-order valence-corrected chi connectivity index (χ3v) is 2.21. The van der Waals surface area contributed by atoms with Crippen molar-refractivity contribution in [3.05, 3.63) is 35.9 Å². The van der Waals surface area contributed by atoms with E-state index in [0.29, 0.717) is 12.5 Å². The largest absolute Gasteiger partial charge is 0.356 e. The maximum atomic E-state index is 5.67. The van der Waals surface area contributed by atoms with Crippen LogP contribution in [0.1, 0.15) is 25.8 Å². The molecule has 0 saturated heterocycles. The molecular formula is C13H20O2. The third-order valence-electron chi connectivity index (χ3n) is 2.21. The summed E-state index contributed by atoms with van der Waals surface area (Å²) in [6.45, 7) is 4.95. The van der Waals surface area contributed by atoms with Crippen molar-refractivity contribution in [3.8, 4) is 0 Å². The van der Waals surface area contributed by atoms with Gasteiger partial charge in [0.05, 0.1) is 6.61 Å². The lowest BCUT2D eigenvalue weighted by molar-refractivity contribution is -0.140. The van der Waals surface area contributed by atoms with E-state index >= 15 is 0 Å². The molecule has 2 nitrogen and oxygen atoms in total. The van der Waals surface area contributed by atoms with Gasteiger partial charge in [-0.3, -0.25) is 0 Å². The molecule has 1 rings (SSSR count). The summed E-state index contributed by atoms with van der Waals surface area (Å²) < 4.78 is 10.9. The van der Waals surface area contributed by atoms with Gasteiger partial charge in [-0.15, -0.1) is 0 Å². The van der Waals surface area contributed by atoms with Crippen LogP contribution in [0.25, 0.3) is 0 Å². The van der Waals surface area contributed by atoms with Crippen molar-refractivity contribution in [2.75, 3.05) is 7.11 Å². The number of benzene rings is 1. The van der Waals surface area contributed by atoms with E-state index in [0.717, 1.165) is 6.42 Å². The van der Waals surface area contributed by atoms with Gasteiger partial charge >= 0.3 is 0 Å². The summed E-state index contributed by atoms with van der Waals surface area (Å²) in [5.41, 5.74) is 1.18. The van der Waals surface area contributed by atoms with Crippen LogP contribution in [0, 0.1) is 5.92 Å². The molecule has 2 heteroatoms. The molecule has 1 aromatic carbocycles. The molecule has 84 valence electrons. The standard InChI is InChI=1S/C13H20O2/c1-11(2)9-13(14-3)15-10-12-7-5-4-6-8-12/h4-8,11,13H,9-10H2,1-3H3. The van der Waals surface area contributed by atoms with Gasteiger partial charge in [0, 0.05) is 13.5 Å². The molecule has 1 aromatic rings. The fraction of sp³-hybridized carbons (Fsp3) is 0.538. The van der Waals surface area contributed by atoms with Crippen molar-refractivity contribution >= 4 is 0 Å². The Morgan fingerprint density at radius 3 is 2.33 bits per heavy atom. The highest BCUT2D eigenvalue weighted by Crippen LogP contribution is 2.11. The minimum absolute atomic E-state index is 0.0924. The second-order valence-corrected chi connectivity index (χ2v) is 4.09. The lowest BCUT2D eigenvalue weighted by Gasteiger charge is -2.18. The van der Waals surface area contributed by atoms with Gasteiger partial charge < -0.3 is 9.47 Å². The molecule has 15 heavy (non-hydrogen) atoms. The van der Waals surface area contributed by atoms with Crippen LogP contribution in [0.5, 0.6) is 0 Å². The molecule has 0 bridgehead atoms. The van der Waals surface area contributed by atoms with E-state index in [4.69, 9.17) is 9.47 Å². The quantitative estimate of drug-likeness (QED) is 0.668. The monoisotopic (exact) mass is 208 g/mol. The highest BCUT2D eigenvalue weighted by atomic mass is 16.7. The fourth-order valence-electron chi connectivity index (χ4n) is 1.38. The smallest absolute Gasteiger partial charge is 0.157 e. The Balaban J connectivity index is 2.34. The van der Waals surface area contributed by atoms with E-state index in [1.807, 2.05) is 18.2 Å². The normalized spacial score (nSPS) is 13.1. The highest BCUT2D eigenvalue weighted by Gasteiger charge is 2.09. The molecule has 0 heterocycles. The third kappa shape index (κ3) is 4.96. The maximum absolute atomic E-state index is 5.67. The van der Waals surface area contributed by atoms with Crippen LogP contribution in [-0.2, 0) is 16.1 Å². The molecule has 0 N–H and O–H groups in total. The van der Waals surface area contributed by atoms with Crippen molar-refractivity contribution < 1.29 is 9.47 Å². The predicted molar refractivity (Wildman–Crippen MR) is 61.5 cm³/mol. The number of ether oxygens (including phenoxy) is 2. The Hall–Kier alpha value is -0.860. The molecule has 0 aromatic heterocycles. The fourth-order valence-corrected chi connectivity index (χ4v) is 1.38. The Morgan fingerprint density at radius 1 is 1.13 bits per heavy atom. The number of hydrogen-bond donors (Lipinski definition) is 0. The number of hydrogen-bond acceptors (Lipinski definition) is 2. The average molecular weight is 208 g/mol. The second-order valence-electron chi connectivity index (χ2n) is 4.09. The lowest BCUT2D eigenvalue weighted by atomic mass is 10.1. The van der Waals surface area contributed by atoms with Crippen LogP contribution in [0.4, 0.5) is 0 Å². The Morgan fingerprint density at radius 2 is 1.80 bits per heavy atom. The summed E-state index contributed by atoms with van der Waals surface area (Å²) in [4.78, 5) is 0. The highest BCUT2D eigenvalue weighted by molar-refractivity contribution is 5.13. The van der Waals surface area contributed by atoms with Gasteiger partial charge in [-0.2, -0.15) is 0 Å². The van der Waals surface area contributed by atoms with E-state index in [1.54, 1.807) is 7.11 Å². The van der Waals surface area contributed by atoms with E-state index in [-0.39, 0.29) is 6.29 Å². The molecule has 0 aliphatic carbocycles. The Labute approximate surface area is 92.2 Å². The number of rotatable bonds is 6. The van der Waals surface area contributed by atoms with Crippen LogP contribution in [-0.4, -0.2) is 13.4 Å². The van der Waals surface area contributed by atoms with Gasteiger partial charge in [-0.1, -0.05) is 44.2 Å². The summed E-state index contributed by atoms with van der Waals surface area (Å²) >= 11 is 0. The van der Waals surface area contributed by atoms with Gasteiger partial charge in [0.1, 0.15) is 0 Å². The van der Waals surface area contributed by atoms with Crippen molar-refractivity contribution in [2.45, 2.75) is 33.2 Å².